The number of nitrogens with one attached hydrogen (secondary N) is 1. The first-order chi connectivity index (χ1) is 14.0. The topological polar surface area (TPSA) is 71.2 Å². The number of aromatic nitrogens is 2. The molecule has 1 fully saturated rings. The van der Waals surface area contributed by atoms with Crippen molar-refractivity contribution >= 4 is 27.9 Å². The zero-order chi connectivity index (χ0) is 20.1. The number of H-pyrrole nitrogens is 1. The molecular weight excluding hydrogens is 373 g/mol. The molecule has 0 unspecified atom stereocenters. The van der Waals surface area contributed by atoms with Crippen molar-refractivity contribution in [3.05, 3.63) is 70.1 Å². The van der Waals surface area contributed by atoms with Gasteiger partial charge >= 0.3 is 5.69 Å². The summed E-state index contributed by atoms with van der Waals surface area (Å²) >= 11 is 0. The van der Waals surface area contributed by atoms with Crippen molar-refractivity contribution < 1.29 is 13.6 Å². The summed E-state index contributed by atoms with van der Waals surface area (Å²) in [5.41, 5.74) is 2.34. The van der Waals surface area contributed by atoms with Gasteiger partial charge in [0.15, 0.2) is 17.2 Å². The minimum atomic E-state index is -0.470. The Balaban J connectivity index is 1.39. The molecule has 7 heteroatoms. The quantitative estimate of drug-likeness (QED) is 0.560. The fraction of sp³-hybridized carbons (Fsp3) is 0.273. The van der Waals surface area contributed by atoms with E-state index in [1.807, 2.05) is 24.3 Å². The summed E-state index contributed by atoms with van der Waals surface area (Å²) in [6, 6.07) is 12.3. The number of aromatic amines is 1. The van der Waals surface area contributed by atoms with Crippen LogP contribution in [0.25, 0.3) is 22.0 Å². The highest BCUT2D eigenvalue weighted by Crippen LogP contribution is 2.30. The second kappa shape index (κ2) is 6.62. The van der Waals surface area contributed by atoms with Gasteiger partial charge in [-0.1, -0.05) is 24.3 Å². The Morgan fingerprint density at radius 2 is 1.90 bits per heavy atom. The minimum absolute atomic E-state index is 0.0249. The molecule has 0 radical (unpaired) electrons. The molecule has 0 bridgehead atoms. The van der Waals surface area contributed by atoms with Crippen LogP contribution in [0, 0.1) is 12.7 Å². The monoisotopic (exact) mass is 393 g/mol. The van der Waals surface area contributed by atoms with Gasteiger partial charge in [0.2, 0.25) is 0 Å². The van der Waals surface area contributed by atoms with E-state index in [4.69, 9.17) is 4.42 Å². The summed E-state index contributed by atoms with van der Waals surface area (Å²) < 4.78 is 21.4. The van der Waals surface area contributed by atoms with Gasteiger partial charge < -0.3 is 14.3 Å². The van der Waals surface area contributed by atoms with Crippen molar-refractivity contribution in [2.75, 3.05) is 13.1 Å². The maximum absolute atomic E-state index is 14.0. The number of imidazole rings is 1. The summed E-state index contributed by atoms with van der Waals surface area (Å²) in [5.74, 6) is -0.516. The number of hydrogen-bond donors (Lipinski definition) is 1. The third kappa shape index (κ3) is 2.76. The van der Waals surface area contributed by atoms with Gasteiger partial charge in [-0.2, -0.15) is 0 Å². The van der Waals surface area contributed by atoms with Gasteiger partial charge in [0.1, 0.15) is 0 Å². The SMILES string of the molecule is Cc1c(C(=O)N2CCC(n3c(=O)[nH]c4ccccc43)CC2)oc2c(F)cccc12. The average Bonchev–Trinajstić information content (AvgIpc) is 3.25. The molecule has 0 atom stereocenters. The van der Waals surface area contributed by atoms with E-state index in [2.05, 4.69) is 4.98 Å². The number of likely N-dealkylation sites (tertiary alicyclic amines) is 1. The van der Waals surface area contributed by atoms with Crippen LogP contribution in [0.3, 0.4) is 0 Å². The zero-order valence-electron chi connectivity index (χ0n) is 15.9. The summed E-state index contributed by atoms with van der Waals surface area (Å²) in [6.45, 7) is 2.79. The third-order valence-electron chi connectivity index (χ3n) is 5.85. The van der Waals surface area contributed by atoms with Crippen LogP contribution in [0.5, 0.6) is 0 Å². The lowest BCUT2D eigenvalue weighted by Crippen LogP contribution is -2.40. The van der Waals surface area contributed by atoms with Gasteiger partial charge in [0, 0.05) is 30.1 Å². The van der Waals surface area contributed by atoms with Crippen LogP contribution >= 0.6 is 0 Å². The largest absolute Gasteiger partial charge is 0.448 e. The molecule has 0 aliphatic carbocycles. The zero-order valence-corrected chi connectivity index (χ0v) is 15.9. The van der Waals surface area contributed by atoms with Crippen LogP contribution in [0.1, 0.15) is 35.0 Å². The second-order valence-corrected chi connectivity index (χ2v) is 7.51. The van der Waals surface area contributed by atoms with Crippen LogP contribution in [-0.4, -0.2) is 33.4 Å². The lowest BCUT2D eigenvalue weighted by molar-refractivity contribution is 0.0664. The van der Waals surface area contributed by atoms with Crippen molar-refractivity contribution in [1.82, 2.24) is 14.5 Å². The molecule has 3 heterocycles. The first kappa shape index (κ1) is 17.7. The van der Waals surface area contributed by atoms with Gasteiger partial charge in [-0.25, -0.2) is 9.18 Å². The van der Waals surface area contributed by atoms with Gasteiger partial charge in [0.25, 0.3) is 5.91 Å². The van der Waals surface area contributed by atoms with Gasteiger partial charge in [-0.3, -0.25) is 9.36 Å². The predicted molar refractivity (Wildman–Crippen MR) is 108 cm³/mol. The van der Waals surface area contributed by atoms with Crippen molar-refractivity contribution in [3.63, 3.8) is 0 Å². The van der Waals surface area contributed by atoms with Crippen LogP contribution in [0.4, 0.5) is 4.39 Å². The number of halogens is 1. The summed E-state index contributed by atoms with van der Waals surface area (Å²) in [7, 11) is 0. The van der Waals surface area contributed by atoms with Gasteiger partial charge in [-0.05, 0) is 38.0 Å². The summed E-state index contributed by atoms with van der Waals surface area (Å²) in [5, 5.41) is 0.619. The van der Waals surface area contributed by atoms with E-state index in [-0.39, 0.29) is 29.0 Å². The Hall–Kier alpha value is -3.35. The normalized spacial score (nSPS) is 15.4. The number of para-hydroxylation sites is 3. The fourth-order valence-electron chi connectivity index (χ4n) is 4.32. The molecule has 2 aromatic heterocycles. The lowest BCUT2D eigenvalue weighted by atomic mass is 10.0. The maximum atomic E-state index is 14.0. The van der Waals surface area contributed by atoms with Crippen LogP contribution in [-0.2, 0) is 0 Å². The molecule has 1 amide bonds. The molecule has 0 saturated carbocycles. The standard InChI is InChI=1S/C22H20FN3O3/c1-13-15-5-4-6-16(23)20(15)29-19(13)21(27)25-11-9-14(10-12-25)26-18-8-3-2-7-17(18)24-22(26)28/h2-8,14H,9-12H2,1H3,(H,24,28). The Bertz CT molecular complexity index is 1290. The molecule has 1 N–H and O–H groups in total. The molecule has 6 nitrogen and oxygen atoms in total. The number of aryl methyl sites for hydroxylation is 1. The van der Waals surface area contributed by atoms with Crippen LogP contribution in [0.2, 0.25) is 0 Å². The number of nitrogens with zero attached hydrogens (tertiary/aromatic N) is 2. The third-order valence-corrected chi connectivity index (χ3v) is 5.85. The Labute approximate surface area is 165 Å². The number of furan rings is 1. The molecule has 0 spiro atoms. The van der Waals surface area contributed by atoms with Gasteiger partial charge in [0.05, 0.1) is 11.0 Å². The lowest BCUT2D eigenvalue weighted by Gasteiger charge is -2.32. The van der Waals surface area contributed by atoms with E-state index in [1.54, 1.807) is 28.5 Å². The van der Waals surface area contributed by atoms with E-state index >= 15 is 0 Å². The molecule has 4 aromatic rings. The van der Waals surface area contributed by atoms with E-state index in [1.165, 1.54) is 6.07 Å². The molecule has 1 saturated heterocycles. The number of fused-ring (bicyclic) bond motifs is 2. The number of carbonyl (C=O) groups excluding carboxylic acids is 1. The van der Waals surface area contributed by atoms with Crippen LogP contribution < -0.4 is 5.69 Å². The minimum Gasteiger partial charge on any atom is -0.448 e. The molecule has 148 valence electrons. The smallest absolute Gasteiger partial charge is 0.326 e. The van der Waals surface area contributed by atoms with E-state index in [9.17, 15) is 14.0 Å². The first-order valence-electron chi connectivity index (χ1n) is 9.70. The van der Waals surface area contributed by atoms with E-state index < -0.39 is 5.82 Å². The molecule has 29 heavy (non-hydrogen) atoms. The van der Waals surface area contributed by atoms with Crippen molar-refractivity contribution in [3.8, 4) is 0 Å². The number of carbonyl (C=O) groups is 1. The van der Waals surface area contributed by atoms with Crippen molar-refractivity contribution in [2.24, 2.45) is 0 Å². The molecule has 5 rings (SSSR count). The van der Waals surface area contributed by atoms with Crippen molar-refractivity contribution in [1.29, 1.82) is 0 Å². The van der Waals surface area contributed by atoms with E-state index in [0.29, 0.717) is 36.9 Å². The predicted octanol–water partition coefficient (Wildman–Crippen LogP) is 4.00. The number of hydrogen-bond acceptors (Lipinski definition) is 3. The molecule has 1 aliphatic rings. The Kier molecular flexibility index (Phi) is 4.04. The molecule has 1 aliphatic heterocycles. The number of amides is 1. The highest BCUT2D eigenvalue weighted by Gasteiger charge is 2.29. The maximum Gasteiger partial charge on any atom is 0.326 e. The average molecular weight is 393 g/mol. The second-order valence-electron chi connectivity index (χ2n) is 7.51. The first-order valence-corrected chi connectivity index (χ1v) is 9.70. The highest BCUT2D eigenvalue weighted by atomic mass is 19.1. The number of rotatable bonds is 2. The highest BCUT2D eigenvalue weighted by molar-refractivity contribution is 5.99. The van der Waals surface area contributed by atoms with Gasteiger partial charge in [-0.15, -0.1) is 0 Å². The number of benzene rings is 2. The number of piperidine rings is 1. The van der Waals surface area contributed by atoms with Crippen LogP contribution in [0.15, 0.2) is 51.7 Å². The molecular formula is C22H20FN3O3. The summed E-state index contributed by atoms with van der Waals surface area (Å²) in [4.78, 5) is 30.0. The Morgan fingerprint density at radius 3 is 2.66 bits per heavy atom. The van der Waals surface area contributed by atoms with Crippen molar-refractivity contribution in [2.45, 2.75) is 25.8 Å². The van der Waals surface area contributed by atoms with E-state index in [0.717, 1.165) is 11.0 Å². The fourth-order valence-corrected chi connectivity index (χ4v) is 4.32. The summed E-state index contributed by atoms with van der Waals surface area (Å²) in [6.07, 6.45) is 1.34. The Morgan fingerprint density at radius 1 is 1.14 bits per heavy atom. The molecule has 2 aromatic carbocycles.